The largest absolute Gasteiger partial charge is 0.415 e. The molecule has 4 rings (SSSR count). The van der Waals surface area contributed by atoms with Crippen molar-refractivity contribution in [3.05, 3.63) is 30.7 Å². The van der Waals surface area contributed by atoms with Crippen molar-refractivity contribution in [2.24, 2.45) is 11.7 Å². The van der Waals surface area contributed by atoms with Crippen LogP contribution in [0.1, 0.15) is 18.7 Å². The highest BCUT2D eigenvalue weighted by Crippen LogP contribution is 2.52. The highest BCUT2D eigenvalue weighted by atomic mass is 19.4. The van der Waals surface area contributed by atoms with Gasteiger partial charge in [-0.25, -0.2) is 4.98 Å². The summed E-state index contributed by atoms with van der Waals surface area (Å²) in [5.41, 5.74) is 3.94. The predicted octanol–water partition coefficient (Wildman–Crippen LogP) is 1.91. The summed E-state index contributed by atoms with van der Waals surface area (Å²) >= 11 is 0. The molecule has 3 aromatic rings. The van der Waals surface area contributed by atoms with Crippen LogP contribution >= 0.6 is 0 Å². The van der Waals surface area contributed by atoms with Gasteiger partial charge in [0.1, 0.15) is 5.69 Å². The highest BCUT2D eigenvalue weighted by molar-refractivity contribution is 5.55. The summed E-state index contributed by atoms with van der Waals surface area (Å²) in [4.78, 5) is 11.9. The van der Waals surface area contributed by atoms with Gasteiger partial charge < -0.3 is 10.3 Å². The first-order chi connectivity index (χ1) is 10.9. The number of alkyl halides is 3. The number of fused-ring (bicyclic) bond motifs is 1. The number of hydrogen-bond acceptors (Lipinski definition) is 6. The third-order valence-electron chi connectivity index (χ3n) is 4.02. The molecule has 1 aliphatic rings. The van der Waals surface area contributed by atoms with Crippen LogP contribution in [0.5, 0.6) is 0 Å². The van der Waals surface area contributed by atoms with E-state index in [9.17, 15) is 13.2 Å². The molecule has 1 atom stereocenters. The lowest BCUT2D eigenvalue weighted by atomic mass is 9.93. The Balaban J connectivity index is 1.80. The number of hydrogen-bond donors (Lipinski definition) is 1. The van der Waals surface area contributed by atoms with Crippen molar-refractivity contribution < 1.29 is 17.7 Å². The van der Waals surface area contributed by atoms with Gasteiger partial charge >= 0.3 is 6.18 Å². The smallest absolute Gasteiger partial charge is 0.336 e. The molecule has 1 aliphatic carbocycles. The van der Waals surface area contributed by atoms with E-state index >= 15 is 0 Å². The van der Waals surface area contributed by atoms with E-state index in [1.165, 1.54) is 18.6 Å². The summed E-state index contributed by atoms with van der Waals surface area (Å²) in [7, 11) is 0. The molecule has 1 fully saturated rings. The van der Waals surface area contributed by atoms with Gasteiger partial charge in [0.05, 0.1) is 12.4 Å². The molecule has 7 nitrogen and oxygen atoms in total. The SMILES string of the molecule is NC(c1nc(-c2cnc3cnccn23)no1)(C1CC1)C(F)(F)F. The van der Waals surface area contributed by atoms with Gasteiger partial charge in [0.25, 0.3) is 5.89 Å². The van der Waals surface area contributed by atoms with Gasteiger partial charge in [0, 0.05) is 12.4 Å². The van der Waals surface area contributed by atoms with Crippen LogP contribution in [0, 0.1) is 5.92 Å². The Bertz CT molecular complexity index is 868. The van der Waals surface area contributed by atoms with Crippen LogP contribution in [0.15, 0.2) is 29.3 Å². The molecule has 1 saturated carbocycles. The number of aromatic nitrogens is 5. The van der Waals surface area contributed by atoms with Gasteiger partial charge in [-0.1, -0.05) is 5.16 Å². The first-order valence-corrected chi connectivity index (χ1v) is 6.88. The van der Waals surface area contributed by atoms with Crippen LogP contribution in [-0.2, 0) is 5.54 Å². The van der Waals surface area contributed by atoms with Crippen molar-refractivity contribution >= 4 is 5.65 Å². The molecular formula is C13H11F3N6O. The van der Waals surface area contributed by atoms with Crippen molar-refractivity contribution in [1.29, 1.82) is 0 Å². The average molecular weight is 324 g/mol. The van der Waals surface area contributed by atoms with Crippen molar-refractivity contribution in [3.63, 3.8) is 0 Å². The quantitative estimate of drug-likeness (QED) is 0.790. The minimum absolute atomic E-state index is 0.00146. The van der Waals surface area contributed by atoms with Gasteiger partial charge in [0.15, 0.2) is 11.2 Å². The van der Waals surface area contributed by atoms with Crippen LogP contribution < -0.4 is 5.73 Å². The lowest BCUT2D eigenvalue weighted by Crippen LogP contribution is -2.52. The molecule has 1 unspecified atom stereocenters. The normalized spacial score (nSPS) is 18.3. The van der Waals surface area contributed by atoms with E-state index in [1.54, 1.807) is 10.6 Å². The molecule has 3 aromatic heterocycles. The zero-order valence-corrected chi connectivity index (χ0v) is 11.7. The van der Waals surface area contributed by atoms with Crippen LogP contribution in [0.3, 0.4) is 0 Å². The molecule has 0 radical (unpaired) electrons. The topological polar surface area (TPSA) is 95.1 Å². The Kier molecular flexibility index (Phi) is 2.77. The number of rotatable bonds is 3. The zero-order valence-electron chi connectivity index (χ0n) is 11.7. The maximum atomic E-state index is 13.4. The lowest BCUT2D eigenvalue weighted by molar-refractivity contribution is -0.203. The molecule has 0 saturated heterocycles. The summed E-state index contributed by atoms with van der Waals surface area (Å²) in [5, 5.41) is 3.65. The Hall–Kier alpha value is -2.49. The molecule has 2 N–H and O–H groups in total. The van der Waals surface area contributed by atoms with E-state index in [0.29, 0.717) is 24.2 Å². The summed E-state index contributed by atoms with van der Waals surface area (Å²) < 4.78 is 46.7. The number of nitrogens with zero attached hydrogens (tertiary/aromatic N) is 5. The molecule has 0 amide bonds. The van der Waals surface area contributed by atoms with Gasteiger partial charge in [-0.3, -0.25) is 9.38 Å². The Morgan fingerprint density at radius 1 is 1.26 bits per heavy atom. The highest BCUT2D eigenvalue weighted by Gasteiger charge is 2.64. The molecular weight excluding hydrogens is 313 g/mol. The van der Waals surface area contributed by atoms with E-state index in [2.05, 4.69) is 20.1 Å². The van der Waals surface area contributed by atoms with Gasteiger partial charge in [-0.15, -0.1) is 0 Å². The zero-order chi connectivity index (χ0) is 16.2. The maximum Gasteiger partial charge on any atom is 0.415 e. The molecule has 3 heterocycles. The van der Waals surface area contributed by atoms with Crippen molar-refractivity contribution in [2.45, 2.75) is 24.6 Å². The standard InChI is InChI=1S/C13H11F3N6O/c14-13(15,16)12(17,7-1-2-7)11-20-10(21-23-11)8-5-19-9-6-18-3-4-22(8)9/h3-7H,1-2,17H2. The van der Waals surface area contributed by atoms with E-state index in [0.717, 1.165) is 0 Å². The van der Waals surface area contributed by atoms with E-state index in [-0.39, 0.29) is 5.82 Å². The third kappa shape index (κ3) is 2.01. The Morgan fingerprint density at radius 3 is 2.74 bits per heavy atom. The van der Waals surface area contributed by atoms with Crippen LogP contribution in [0.25, 0.3) is 17.2 Å². The fourth-order valence-electron chi connectivity index (χ4n) is 2.57. The predicted molar refractivity (Wildman–Crippen MR) is 70.9 cm³/mol. The van der Waals surface area contributed by atoms with E-state index < -0.39 is 23.5 Å². The number of nitrogens with two attached hydrogens (primary N) is 1. The van der Waals surface area contributed by atoms with Crippen LogP contribution in [-0.4, -0.2) is 30.7 Å². The fraction of sp³-hybridized carbons (Fsp3) is 0.385. The molecule has 0 aliphatic heterocycles. The molecule has 0 bridgehead atoms. The summed E-state index contributed by atoms with van der Waals surface area (Å²) in [6.45, 7) is 0. The van der Waals surface area contributed by atoms with Crippen LogP contribution in [0.4, 0.5) is 13.2 Å². The van der Waals surface area contributed by atoms with Gasteiger partial charge in [-0.2, -0.15) is 18.2 Å². The second kappa shape index (κ2) is 4.51. The third-order valence-corrected chi connectivity index (χ3v) is 4.02. The van der Waals surface area contributed by atoms with E-state index in [1.807, 2.05) is 0 Å². The minimum Gasteiger partial charge on any atom is -0.336 e. The monoisotopic (exact) mass is 324 g/mol. The summed E-state index contributed by atoms with van der Waals surface area (Å²) in [5.74, 6) is -1.35. The van der Waals surface area contributed by atoms with Gasteiger partial charge in [0.2, 0.25) is 5.82 Å². The molecule has 0 spiro atoms. The van der Waals surface area contributed by atoms with Crippen molar-refractivity contribution in [1.82, 2.24) is 24.5 Å². The molecule has 23 heavy (non-hydrogen) atoms. The lowest BCUT2D eigenvalue weighted by Gasteiger charge is -2.27. The van der Waals surface area contributed by atoms with Crippen molar-refractivity contribution in [2.75, 3.05) is 0 Å². The van der Waals surface area contributed by atoms with E-state index in [4.69, 9.17) is 10.3 Å². The van der Waals surface area contributed by atoms with Gasteiger partial charge in [-0.05, 0) is 18.8 Å². The number of imidazole rings is 1. The Labute approximate surface area is 127 Å². The molecule has 0 aromatic carbocycles. The second-order valence-electron chi connectivity index (χ2n) is 5.51. The maximum absolute atomic E-state index is 13.4. The van der Waals surface area contributed by atoms with Crippen molar-refractivity contribution in [3.8, 4) is 11.5 Å². The second-order valence-corrected chi connectivity index (χ2v) is 5.51. The first-order valence-electron chi connectivity index (χ1n) is 6.88. The summed E-state index contributed by atoms with van der Waals surface area (Å²) in [6.07, 6.45) is 2.18. The summed E-state index contributed by atoms with van der Waals surface area (Å²) in [6, 6.07) is 0. The first kappa shape index (κ1) is 14.1. The fourth-order valence-corrected chi connectivity index (χ4v) is 2.57. The average Bonchev–Trinajstić information content (AvgIpc) is 3.09. The minimum atomic E-state index is -4.67. The number of halogens is 3. The molecule has 10 heteroatoms. The van der Waals surface area contributed by atoms with Crippen LogP contribution in [0.2, 0.25) is 0 Å². The Morgan fingerprint density at radius 2 is 2.04 bits per heavy atom. The molecule has 120 valence electrons.